The minimum absolute atomic E-state index is 0.0292. The van der Waals surface area contributed by atoms with E-state index < -0.39 is 0 Å². The first kappa shape index (κ1) is 11.9. The van der Waals surface area contributed by atoms with Crippen LogP contribution in [0.5, 0.6) is 5.75 Å². The SMILES string of the molecule is COc1ccc(Cc2nc3c(c(=O)[nH]2)CNC3)cc1. The first-order valence-electron chi connectivity index (χ1n) is 6.21. The Hall–Kier alpha value is -2.14. The van der Waals surface area contributed by atoms with E-state index in [-0.39, 0.29) is 5.56 Å². The molecule has 0 aliphatic carbocycles. The summed E-state index contributed by atoms with van der Waals surface area (Å²) in [5.74, 6) is 1.53. The van der Waals surface area contributed by atoms with Gasteiger partial charge in [-0.1, -0.05) is 12.1 Å². The number of aromatic amines is 1. The Morgan fingerprint density at radius 1 is 1.26 bits per heavy atom. The van der Waals surface area contributed by atoms with Crippen molar-refractivity contribution >= 4 is 0 Å². The summed E-state index contributed by atoms with van der Waals surface area (Å²) >= 11 is 0. The van der Waals surface area contributed by atoms with Crippen LogP contribution in [0.25, 0.3) is 0 Å². The Morgan fingerprint density at radius 3 is 2.79 bits per heavy atom. The van der Waals surface area contributed by atoms with E-state index in [0.29, 0.717) is 25.3 Å². The van der Waals surface area contributed by atoms with Gasteiger partial charge in [0.15, 0.2) is 0 Å². The van der Waals surface area contributed by atoms with E-state index in [1.165, 1.54) is 0 Å². The lowest BCUT2D eigenvalue weighted by molar-refractivity contribution is 0.414. The van der Waals surface area contributed by atoms with Gasteiger partial charge in [-0.2, -0.15) is 0 Å². The van der Waals surface area contributed by atoms with E-state index in [2.05, 4.69) is 15.3 Å². The Morgan fingerprint density at radius 2 is 2.05 bits per heavy atom. The predicted octanol–water partition coefficient (Wildman–Crippen LogP) is 0.972. The fraction of sp³-hybridized carbons (Fsp3) is 0.286. The third-order valence-electron chi connectivity index (χ3n) is 3.28. The summed E-state index contributed by atoms with van der Waals surface area (Å²) in [7, 11) is 1.64. The monoisotopic (exact) mass is 257 g/mol. The zero-order valence-electron chi connectivity index (χ0n) is 10.7. The van der Waals surface area contributed by atoms with Gasteiger partial charge in [0.1, 0.15) is 11.6 Å². The molecule has 3 rings (SSSR count). The molecule has 0 radical (unpaired) electrons. The van der Waals surface area contributed by atoms with Gasteiger partial charge in [-0.25, -0.2) is 4.98 Å². The second-order valence-electron chi connectivity index (χ2n) is 4.57. The highest BCUT2D eigenvalue weighted by molar-refractivity contribution is 5.29. The highest BCUT2D eigenvalue weighted by Crippen LogP contribution is 2.14. The van der Waals surface area contributed by atoms with Gasteiger partial charge < -0.3 is 15.0 Å². The smallest absolute Gasteiger partial charge is 0.255 e. The lowest BCUT2D eigenvalue weighted by Gasteiger charge is -2.05. The van der Waals surface area contributed by atoms with E-state index in [4.69, 9.17) is 4.74 Å². The van der Waals surface area contributed by atoms with Gasteiger partial charge in [0, 0.05) is 19.5 Å². The van der Waals surface area contributed by atoms with Crippen molar-refractivity contribution in [1.29, 1.82) is 0 Å². The van der Waals surface area contributed by atoms with Gasteiger partial charge in [-0.3, -0.25) is 4.79 Å². The van der Waals surface area contributed by atoms with E-state index >= 15 is 0 Å². The summed E-state index contributed by atoms with van der Waals surface area (Å²) < 4.78 is 5.12. The topological polar surface area (TPSA) is 67.0 Å². The highest BCUT2D eigenvalue weighted by atomic mass is 16.5. The summed E-state index contributed by atoms with van der Waals surface area (Å²) in [5.41, 5.74) is 2.69. The maximum Gasteiger partial charge on any atom is 0.255 e. The lowest BCUT2D eigenvalue weighted by atomic mass is 10.1. The summed E-state index contributed by atoms with van der Waals surface area (Å²) in [6.45, 7) is 1.29. The summed E-state index contributed by atoms with van der Waals surface area (Å²) in [6.07, 6.45) is 0.618. The van der Waals surface area contributed by atoms with Crippen LogP contribution in [0.1, 0.15) is 22.6 Å². The summed E-state index contributed by atoms with van der Waals surface area (Å²) in [5, 5.41) is 3.14. The zero-order valence-corrected chi connectivity index (χ0v) is 10.7. The number of methoxy groups -OCH3 is 1. The number of H-pyrrole nitrogens is 1. The molecule has 98 valence electrons. The number of nitrogens with one attached hydrogen (secondary N) is 2. The zero-order chi connectivity index (χ0) is 13.2. The number of nitrogens with zero attached hydrogens (tertiary/aromatic N) is 1. The van der Waals surface area contributed by atoms with E-state index in [0.717, 1.165) is 22.6 Å². The van der Waals surface area contributed by atoms with Crippen molar-refractivity contribution in [2.24, 2.45) is 0 Å². The number of ether oxygens (including phenoxy) is 1. The molecule has 0 amide bonds. The largest absolute Gasteiger partial charge is 0.497 e. The molecule has 0 unspecified atom stereocenters. The molecule has 0 bridgehead atoms. The minimum atomic E-state index is -0.0292. The lowest BCUT2D eigenvalue weighted by Crippen LogP contribution is -2.17. The number of rotatable bonds is 3. The molecular weight excluding hydrogens is 242 g/mol. The van der Waals surface area contributed by atoms with Gasteiger partial charge in [0.25, 0.3) is 5.56 Å². The Labute approximate surface area is 110 Å². The van der Waals surface area contributed by atoms with Gasteiger partial charge in [0.2, 0.25) is 0 Å². The fourth-order valence-electron chi connectivity index (χ4n) is 2.25. The van der Waals surface area contributed by atoms with Crippen LogP contribution in [0.15, 0.2) is 29.1 Å². The molecule has 1 aliphatic heterocycles. The maximum atomic E-state index is 11.9. The second-order valence-corrected chi connectivity index (χ2v) is 4.57. The van der Waals surface area contributed by atoms with Gasteiger partial charge in [0.05, 0.1) is 18.4 Å². The molecule has 0 atom stereocenters. The van der Waals surface area contributed by atoms with Crippen LogP contribution in [-0.2, 0) is 19.5 Å². The molecule has 1 aliphatic rings. The Bertz CT molecular complexity index is 647. The molecule has 5 nitrogen and oxygen atoms in total. The van der Waals surface area contributed by atoms with Crippen molar-refractivity contribution in [3.63, 3.8) is 0 Å². The molecule has 5 heteroatoms. The predicted molar refractivity (Wildman–Crippen MR) is 71.2 cm³/mol. The van der Waals surface area contributed by atoms with Crippen molar-refractivity contribution in [1.82, 2.24) is 15.3 Å². The van der Waals surface area contributed by atoms with Crippen LogP contribution < -0.4 is 15.6 Å². The van der Waals surface area contributed by atoms with E-state index in [1.807, 2.05) is 24.3 Å². The van der Waals surface area contributed by atoms with Crippen molar-refractivity contribution < 1.29 is 4.74 Å². The van der Waals surface area contributed by atoms with Crippen molar-refractivity contribution in [3.8, 4) is 5.75 Å². The molecule has 0 spiro atoms. The summed E-state index contributed by atoms with van der Waals surface area (Å²) in [6, 6.07) is 7.76. The third-order valence-corrected chi connectivity index (χ3v) is 3.28. The molecule has 2 N–H and O–H groups in total. The van der Waals surface area contributed by atoms with Gasteiger partial charge in [-0.05, 0) is 17.7 Å². The molecule has 0 saturated heterocycles. The van der Waals surface area contributed by atoms with Crippen LogP contribution in [0.2, 0.25) is 0 Å². The average molecular weight is 257 g/mol. The molecule has 2 aromatic rings. The average Bonchev–Trinajstić information content (AvgIpc) is 2.88. The molecule has 1 aromatic heterocycles. The Kier molecular flexibility index (Phi) is 3.05. The van der Waals surface area contributed by atoms with Crippen LogP contribution >= 0.6 is 0 Å². The normalized spacial score (nSPS) is 13.3. The quantitative estimate of drug-likeness (QED) is 0.860. The second kappa shape index (κ2) is 4.85. The fourth-order valence-corrected chi connectivity index (χ4v) is 2.25. The molecule has 0 saturated carbocycles. The van der Waals surface area contributed by atoms with Crippen LogP contribution in [-0.4, -0.2) is 17.1 Å². The first-order chi connectivity index (χ1) is 9.26. The standard InChI is InChI=1S/C14H15N3O2/c1-19-10-4-2-9(3-5-10)6-13-16-12-8-15-7-11(12)14(18)17-13/h2-5,15H,6-8H2,1H3,(H,16,17,18). The minimum Gasteiger partial charge on any atom is -0.497 e. The molecular formula is C14H15N3O2. The third kappa shape index (κ3) is 2.37. The molecule has 19 heavy (non-hydrogen) atoms. The van der Waals surface area contributed by atoms with Crippen LogP contribution in [0.3, 0.4) is 0 Å². The van der Waals surface area contributed by atoms with Crippen molar-refractivity contribution in [3.05, 3.63) is 57.3 Å². The van der Waals surface area contributed by atoms with Crippen LogP contribution in [0.4, 0.5) is 0 Å². The van der Waals surface area contributed by atoms with Crippen molar-refractivity contribution in [2.45, 2.75) is 19.5 Å². The van der Waals surface area contributed by atoms with Crippen LogP contribution in [0, 0.1) is 0 Å². The number of benzene rings is 1. The molecule has 0 fully saturated rings. The molecule has 1 aromatic carbocycles. The number of hydrogen-bond donors (Lipinski definition) is 2. The van der Waals surface area contributed by atoms with Gasteiger partial charge >= 0.3 is 0 Å². The Balaban J connectivity index is 1.87. The van der Waals surface area contributed by atoms with Gasteiger partial charge in [-0.15, -0.1) is 0 Å². The number of aromatic nitrogens is 2. The summed E-state index contributed by atoms with van der Waals surface area (Å²) in [4.78, 5) is 19.2. The van der Waals surface area contributed by atoms with Crippen molar-refractivity contribution in [2.75, 3.05) is 7.11 Å². The molecule has 2 heterocycles. The van der Waals surface area contributed by atoms with E-state index in [9.17, 15) is 4.79 Å². The number of hydrogen-bond acceptors (Lipinski definition) is 4. The maximum absolute atomic E-state index is 11.9. The number of fused-ring (bicyclic) bond motifs is 1. The first-order valence-corrected chi connectivity index (χ1v) is 6.21. The van der Waals surface area contributed by atoms with E-state index in [1.54, 1.807) is 7.11 Å². The highest BCUT2D eigenvalue weighted by Gasteiger charge is 2.16.